The van der Waals surface area contributed by atoms with Crippen molar-refractivity contribution in [3.63, 3.8) is 0 Å². The number of hydrogen-bond acceptors (Lipinski definition) is 5. The Bertz CT molecular complexity index is 1030. The minimum Gasteiger partial charge on any atom is -0.474 e. The zero-order valence-corrected chi connectivity index (χ0v) is 17.7. The van der Waals surface area contributed by atoms with Crippen LogP contribution in [0.15, 0.2) is 18.5 Å². The minimum atomic E-state index is -1.04. The third kappa shape index (κ3) is 4.49. The second-order valence-corrected chi connectivity index (χ2v) is 8.21. The van der Waals surface area contributed by atoms with E-state index in [1.807, 2.05) is 37.8 Å². The second-order valence-electron chi connectivity index (χ2n) is 8.21. The van der Waals surface area contributed by atoms with Crippen LogP contribution in [0.3, 0.4) is 0 Å². The summed E-state index contributed by atoms with van der Waals surface area (Å²) in [4.78, 5) is 15.4. The van der Waals surface area contributed by atoms with E-state index >= 15 is 0 Å². The first-order chi connectivity index (χ1) is 13.6. The number of rotatable bonds is 6. The Morgan fingerprint density at radius 1 is 1.38 bits per heavy atom. The van der Waals surface area contributed by atoms with E-state index in [-0.39, 0.29) is 11.6 Å². The molecule has 29 heavy (non-hydrogen) atoms. The van der Waals surface area contributed by atoms with Crippen LogP contribution in [0.1, 0.15) is 39.8 Å². The van der Waals surface area contributed by atoms with E-state index in [1.165, 1.54) is 0 Å². The lowest BCUT2D eigenvalue weighted by Gasteiger charge is -2.18. The van der Waals surface area contributed by atoms with E-state index in [0.29, 0.717) is 18.8 Å². The number of carbonyl (C=O) groups is 1. The molecule has 0 fully saturated rings. The molecule has 0 aliphatic heterocycles. The van der Waals surface area contributed by atoms with Gasteiger partial charge in [-0.25, -0.2) is 9.78 Å². The molecule has 0 spiro atoms. The van der Waals surface area contributed by atoms with E-state index in [0.717, 1.165) is 27.9 Å². The summed E-state index contributed by atoms with van der Waals surface area (Å²) in [7, 11) is 1.89. The predicted octanol–water partition coefficient (Wildman–Crippen LogP) is 3.32. The van der Waals surface area contributed by atoms with Gasteiger partial charge < -0.3 is 15.2 Å². The average Bonchev–Trinajstić information content (AvgIpc) is 3.20. The normalized spacial score (nSPS) is 12.9. The average molecular weight is 400 g/mol. The summed E-state index contributed by atoms with van der Waals surface area (Å²) in [6, 6.07) is 1.94. The molecule has 0 aliphatic carbocycles. The fourth-order valence-corrected chi connectivity index (χ4v) is 3.01. The molecule has 1 unspecified atom stereocenters. The summed E-state index contributed by atoms with van der Waals surface area (Å²) in [5.74, 6) is 0.495. The van der Waals surface area contributed by atoms with Gasteiger partial charge in [-0.2, -0.15) is 10.2 Å². The molecule has 3 rings (SSSR count). The van der Waals surface area contributed by atoms with Crippen molar-refractivity contribution >= 4 is 17.0 Å². The summed E-state index contributed by atoms with van der Waals surface area (Å²) < 4.78 is 9.82. The van der Waals surface area contributed by atoms with Crippen LogP contribution in [0.4, 0.5) is 4.79 Å². The topological polar surface area (TPSA) is 107 Å². The molecule has 2 N–H and O–H groups in total. The molecule has 156 valence electrons. The highest BCUT2D eigenvalue weighted by Crippen LogP contribution is 2.32. The molecule has 3 aromatic heterocycles. The van der Waals surface area contributed by atoms with E-state index in [9.17, 15) is 4.79 Å². The quantitative estimate of drug-likeness (QED) is 0.657. The van der Waals surface area contributed by atoms with E-state index in [1.54, 1.807) is 10.9 Å². The van der Waals surface area contributed by atoms with Gasteiger partial charge in [0.05, 0.1) is 28.9 Å². The van der Waals surface area contributed by atoms with Crippen LogP contribution in [-0.2, 0) is 12.6 Å². The smallest absolute Gasteiger partial charge is 0.404 e. The number of nitrogens with zero attached hydrogens (tertiary/aromatic N) is 5. The Hall–Kier alpha value is -3.10. The molecule has 3 aromatic rings. The van der Waals surface area contributed by atoms with Crippen molar-refractivity contribution < 1.29 is 14.6 Å². The van der Waals surface area contributed by atoms with Crippen molar-refractivity contribution in [1.29, 1.82) is 0 Å². The first-order valence-corrected chi connectivity index (χ1v) is 9.59. The van der Waals surface area contributed by atoms with Crippen LogP contribution in [0.2, 0.25) is 0 Å². The number of pyridine rings is 1. The maximum atomic E-state index is 10.7. The lowest BCUT2D eigenvalue weighted by molar-refractivity contribution is 0.185. The van der Waals surface area contributed by atoms with Gasteiger partial charge in [0, 0.05) is 37.5 Å². The van der Waals surface area contributed by atoms with Crippen LogP contribution < -0.4 is 10.1 Å². The van der Waals surface area contributed by atoms with Gasteiger partial charge in [-0.1, -0.05) is 0 Å². The maximum Gasteiger partial charge on any atom is 0.404 e. The highest BCUT2D eigenvalue weighted by molar-refractivity contribution is 5.89. The lowest BCUT2D eigenvalue weighted by Crippen LogP contribution is -2.26. The lowest BCUT2D eigenvalue weighted by atomic mass is 10.1. The molecule has 0 aromatic carbocycles. The third-order valence-electron chi connectivity index (χ3n) is 4.78. The monoisotopic (exact) mass is 400 g/mol. The molecular weight excluding hydrogens is 372 g/mol. The van der Waals surface area contributed by atoms with Crippen molar-refractivity contribution in [1.82, 2.24) is 29.9 Å². The summed E-state index contributed by atoms with van der Waals surface area (Å²) in [6.07, 6.45) is 3.03. The molecule has 1 amide bonds. The molecule has 9 nitrogen and oxygen atoms in total. The molecule has 3 heterocycles. The van der Waals surface area contributed by atoms with Gasteiger partial charge in [-0.05, 0) is 40.7 Å². The molecule has 1 atom stereocenters. The van der Waals surface area contributed by atoms with Crippen LogP contribution in [0.5, 0.6) is 5.88 Å². The van der Waals surface area contributed by atoms with Gasteiger partial charge in [0.15, 0.2) is 0 Å². The Balaban J connectivity index is 1.97. The molecule has 0 bridgehead atoms. The highest BCUT2D eigenvalue weighted by atomic mass is 16.5. The second kappa shape index (κ2) is 7.73. The number of carboxylic acid groups (broad SMARTS) is 1. The number of aromatic nitrogens is 5. The summed E-state index contributed by atoms with van der Waals surface area (Å²) in [5.41, 5.74) is 3.24. The molecule has 9 heteroatoms. The predicted molar refractivity (Wildman–Crippen MR) is 110 cm³/mol. The number of aryl methyl sites for hydroxylation is 2. The Morgan fingerprint density at radius 3 is 2.72 bits per heavy atom. The summed E-state index contributed by atoms with van der Waals surface area (Å²) in [6.45, 7) is 10.4. The van der Waals surface area contributed by atoms with Crippen molar-refractivity contribution in [2.75, 3.05) is 6.54 Å². The molecule has 0 saturated heterocycles. The van der Waals surface area contributed by atoms with Gasteiger partial charge >= 0.3 is 6.09 Å². The number of hydrogen-bond donors (Lipinski definition) is 2. The van der Waals surface area contributed by atoms with Gasteiger partial charge in [0.1, 0.15) is 5.52 Å². The first kappa shape index (κ1) is 20.6. The third-order valence-corrected chi connectivity index (χ3v) is 4.78. The largest absolute Gasteiger partial charge is 0.474 e. The van der Waals surface area contributed by atoms with Crippen molar-refractivity contribution in [2.45, 2.75) is 52.7 Å². The SMILES string of the molecule is Cc1c2c(OC(C)CCNC(=O)O)nc(-c3cnn(C(C)(C)C)c3)cc2nn1C. The van der Waals surface area contributed by atoms with Crippen molar-refractivity contribution in [2.24, 2.45) is 7.05 Å². The Kier molecular flexibility index (Phi) is 5.50. The van der Waals surface area contributed by atoms with Gasteiger partial charge in [-0.3, -0.25) is 9.36 Å². The summed E-state index contributed by atoms with van der Waals surface area (Å²) in [5, 5.41) is 21.0. The van der Waals surface area contributed by atoms with Gasteiger partial charge in [-0.15, -0.1) is 0 Å². The van der Waals surface area contributed by atoms with E-state index in [2.05, 4.69) is 36.3 Å². The first-order valence-electron chi connectivity index (χ1n) is 9.59. The van der Waals surface area contributed by atoms with Crippen LogP contribution in [0, 0.1) is 6.92 Å². The number of nitrogens with one attached hydrogen (secondary N) is 1. The molecular formula is C20H28N6O3. The maximum absolute atomic E-state index is 10.7. The molecule has 0 radical (unpaired) electrons. The summed E-state index contributed by atoms with van der Waals surface area (Å²) >= 11 is 0. The van der Waals surface area contributed by atoms with Crippen LogP contribution in [-0.4, -0.2) is 48.4 Å². The fraction of sp³-hybridized carbons (Fsp3) is 0.500. The zero-order valence-electron chi connectivity index (χ0n) is 17.7. The molecule has 0 saturated carbocycles. The number of amides is 1. The Morgan fingerprint density at radius 2 is 2.10 bits per heavy atom. The van der Waals surface area contributed by atoms with E-state index in [4.69, 9.17) is 14.8 Å². The number of ether oxygens (including phenoxy) is 1. The standard InChI is InChI=1S/C20H28N6O3/c1-12(7-8-21-19(27)28)29-18-17-13(2)25(6)24-16(17)9-15(23-18)14-10-22-26(11-14)20(3,4)5/h9-12,21H,7-8H2,1-6H3,(H,27,28). The van der Waals surface area contributed by atoms with Crippen LogP contribution in [0.25, 0.3) is 22.2 Å². The van der Waals surface area contributed by atoms with Crippen molar-refractivity contribution in [3.8, 4) is 17.1 Å². The minimum absolute atomic E-state index is 0.130. The molecule has 0 aliphatic rings. The Labute approximate surface area is 169 Å². The van der Waals surface area contributed by atoms with Crippen molar-refractivity contribution in [3.05, 3.63) is 24.2 Å². The highest BCUT2D eigenvalue weighted by Gasteiger charge is 2.20. The zero-order chi connectivity index (χ0) is 21.3. The van der Waals surface area contributed by atoms with Gasteiger partial charge in [0.25, 0.3) is 0 Å². The fourth-order valence-electron chi connectivity index (χ4n) is 3.01. The number of fused-ring (bicyclic) bond motifs is 1. The van der Waals surface area contributed by atoms with E-state index < -0.39 is 6.09 Å². The van der Waals surface area contributed by atoms with Crippen LogP contribution >= 0.6 is 0 Å². The van der Waals surface area contributed by atoms with Gasteiger partial charge in [0.2, 0.25) is 5.88 Å².